The zero-order valence-corrected chi connectivity index (χ0v) is 16.0. The van der Waals surface area contributed by atoms with Gasteiger partial charge in [-0.2, -0.15) is 18.3 Å². The molecule has 0 fully saturated rings. The number of hydrogen-bond acceptors (Lipinski definition) is 5. The third-order valence-corrected chi connectivity index (χ3v) is 4.28. The van der Waals surface area contributed by atoms with Crippen molar-refractivity contribution in [2.45, 2.75) is 13.1 Å². The Hall–Kier alpha value is -3.44. The van der Waals surface area contributed by atoms with Crippen molar-refractivity contribution < 1.29 is 22.8 Å². The maximum Gasteiger partial charge on any atom is 0.435 e. The molecule has 0 bridgehead atoms. The molecule has 12 heteroatoms. The van der Waals surface area contributed by atoms with Crippen molar-refractivity contribution in [1.82, 2.24) is 20.2 Å². The third kappa shape index (κ3) is 4.26. The van der Waals surface area contributed by atoms with Crippen molar-refractivity contribution in [2.24, 2.45) is 5.84 Å². The van der Waals surface area contributed by atoms with E-state index in [0.29, 0.717) is 5.56 Å². The maximum absolute atomic E-state index is 13.5. The number of pyridine rings is 1. The Bertz CT molecular complexity index is 1130. The molecule has 0 aliphatic carbocycles. The number of alkyl halides is 3. The molecule has 0 saturated heterocycles. The van der Waals surface area contributed by atoms with Crippen LogP contribution in [0.1, 0.15) is 32.0 Å². The highest BCUT2D eigenvalue weighted by molar-refractivity contribution is 6.32. The molecule has 0 unspecified atom stereocenters. The number of carbonyl (C=O) groups is 2. The minimum atomic E-state index is -4.93. The molecule has 0 spiro atoms. The standard InChI is InChI=1S/C18H14ClF3N6O2/c1-9-4-5-10(17(30)26-23)13(7-9)25-16(29)11-8-28(27-14(11)18(20,21)22)15-12(19)3-2-6-24-15/h2-8H,23H2,1H3,(H,25,29)(H,26,30). The number of benzene rings is 1. The van der Waals surface area contributed by atoms with Crippen molar-refractivity contribution in [2.75, 3.05) is 5.32 Å². The van der Waals surface area contributed by atoms with Crippen molar-refractivity contribution in [3.8, 4) is 5.82 Å². The Morgan fingerprint density at radius 2 is 1.90 bits per heavy atom. The van der Waals surface area contributed by atoms with Crippen LogP contribution in [0.15, 0.2) is 42.7 Å². The number of aryl methyl sites for hydroxylation is 1. The van der Waals surface area contributed by atoms with E-state index >= 15 is 0 Å². The van der Waals surface area contributed by atoms with E-state index in [2.05, 4.69) is 15.4 Å². The number of hydrogen-bond donors (Lipinski definition) is 3. The Morgan fingerprint density at radius 3 is 2.53 bits per heavy atom. The molecule has 8 nitrogen and oxygen atoms in total. The van der Waals surface area contributed by atoms with Crippen molar-refractivity contribution >= 4 is 29.1 Å². The lowest BCUT2D eigenvalue weighted by molar-refractivity contribution is -0.141. The lowest BCUT2D eigenvalue weighted by Gasteiger charge is -2.11. The molecular weight excluding hydrogens is 425 g/mol. The highest BCUT2D eigenvalue weighted by Crippen LogP contribution is 2.32. The minimum absolute atomic E-state index is 0.0142. The number of amides is 2. The second-order valence-electron chi connectivity index (χ2n) is 6.12. The first-order valence-corrected chi connectivity index (χ1v) is 8.70. The van der Waals surface area contributed by atoms with Gasteiger partial charge in [-0.3, -0.25) is 15.0 Å². The summed E-state index contributed by atoms with van der Waals surface area (Å²) < 4.78 is 41.3. The van der Waals surface area contributed by atoms with Crippen LogP contribution in [0.2, 0.25) is 5.02 Å². The van der Waals surface area contributed by atoms with Gasteiger partial charge in [0.1, 0.15) is 0 Å². The molecule has 30 heavy (non-hydrogen) atoms. The number of halogens is 4. The van der Waals surface area contributed by atoms with Crippen LogP contribution < -0.4 is 16.6 Å². The first-order chi connectivity index (χ1) is 14.1. The van der Waals surface area contributed by atoms with Gasteiger partial charge in [0.15, 0.2) is 11.5 Å². The fourth-order valence-electron chi connectivity index (χ4n) is 2.63. The van der Waals surface area contributed by atoms with Gasteiger partial charge in [-0.15, -0.1) is 0 Å². The van der Waals surface area contributed by atoms with Gasteiger partial charge in [0.05, 0.1) is 21.8 Å². The summed E-state index contributed by atoms with van der Waals surface area (Å²) >= 11 is 5.97. The van der Waals surface area contributed by atoms with Gasteiger partial charge in [0, 0.05) is 12.4 Å². The van der Waals surface area contributed by atoms with Gasteiger partial charge in [0.2, 0.25) is 0 Å². The van der Waals surface area contributed by atoms with E-state index in [4.69, 9.17) is 17.4 Å². The van der Waals surface area contributed by atoms with Gasteiger partial charge < -0.3 is 5.32 Å². The molecule has 2 heterocycles. The van der Waals surface area contributed by atoms with Crippen LogP contribution in [0.3, 0.4) is 0 Å². The Labute approximate surface area is 172 Å². The van der Waals surface area contributed by atoms with E-state index in [0.717, 1.165) is 10.9 Å². The molecule has 3 aromatic rings. The highest BCUT2D eigenvalue weighted by atomic mass is 35.5. The monoisotopic (exact) mass is 438 g/mol. The van der Waals surface area contributed by atoms with Crippen molar-refractivity contribution in [1.29, 1.82) is 0 Å². The van der Waals surface area contributed by atoms with Crippen LogP contribution in [0.4, 0.5) is 18.9 Å². The fraction of sp³-hybridized carbons (Fsp3) is 0.111. The normalized spacial score (nSPS) is 11.3. The molecule has 0 aliphatic heterocycles. The molecule has 0 saturated carbocycles. The fourth-order valence-corrected chi connectivity index (χ4v) is 2.84. The highest BCUT2D eigenvalue weighted by Gasteiger charge is 2.39. The summed E-state index contributed by atoms with van der Waals surface area (Å²) in [5.41, 5.74) is 0.328. The molecule has 1 aromatic carbocycles. The van der Waals surface area contributed by atoms with Crippen LogP contribution in [-0.4, -0.2) is 26.6 Å². The molecule has 3 rings (SSSR count). The van der Waals surface area contributed by atoms with E-state index in [1.807, 2.05) is 5.43 Å². The molecule has 2 aromatic heterocycles. The summed E-state index contributed by atoms with van der Waals surface area (Å²) in [7, 11) is 0. The number of nitrogens with zero attached hydrogens (tertiary/aromatic N) is 3. The summed E-state index contributed by atoms with van der Waals surface area (Å²) in [5, 5.41) is 5.81. The number of nitrogens with two attached hydrogens (primary N) is 1. The summed E-state index contributed by atoms with van der Waals surface area (Å²) in [6, 6.07) is 7.31. The molecule has 156 valence electrons. The second kappa shape index (κ2) is 8.13. The van der Waals surface area contributed by atoms with E-state index in [9.17, 15) is 22.8 Å². The second-order valence-corrected chi connectivity index (χ2v) is 6.53. The van der Waals surface area contributed by atoms with Crippen LogP contribution in [-0.2, 0) is 6.18 Å². The van der Waals surface area contributed by atoms with Gasteiger partial charge in [0.25, 0.3) is 11.8 Å². The van der Waals surface area contributed by atoms with Gasteiger partial charge in [-0.05, 0) is 36.8 Å². The number of nitrogens with one attached hydrogen (secondary N) is 2. The predicted octanol–water partition coefficient (Wildman–Crippen LogP) is 3.10. The smallest absolute Gasteiger partial charge is 0.321 e. The zero-order chi connectivity index (χ0) is 22.1. The van der Waals surface area contributed by atoms with Crippen LogP contribution in [0.5, 0.6) is 0 Å². The van der Waals surface area contributed by atoms with Crippen molar-refractivity contribution in [3.05, 3.63) is 70.1 Å². The maximum atomic E-state index is 13.5. The topological polar surface area (TPSA) is 115 Å². The number of hydrazine groups is 1. The van der Waals surface area contributed by atoms with Crippen LogP contribution in [0, 0.1) is 6.92 Å². The molecule has 0 atom stereocenters. The lowest BCUT2D eigenvalue weighted by atomic mass is 10.1. The summed E-state index contributed by atoms with van der Waals surface area (Å²) in [6.45, 7) is 1.68. The average Bonchev–Trinajstić information content (AvgIpc) is 3.14. The Balaban J connectivity index is 2.06. The summed E-state index contributed by atoms with van der Waals surface area (Å²) in [4.78, 5) is 28.5. The summed E-state index contributed by atoms with van der Waals surface area (Å²) in [5.74, 6) is 3.19. The van der Waals surface area contributed by atoms with E-state index in [1.165, 1.54) is 30.5 Å². The SMILES string of the molecule is Cc1ccc(C(=O)NN)c(NC(=O)c2cn(-c3ncccc3Cl)nc2C(F)(F)F)c1. The zero-order valence-electron chi connectivity index (χ0n) is 15.3. The number of carbonyl (C=O) groups excluding carboxylic acids is 2. The van der Waals surface area contributed by atoms with Crippen LogP contribution in [0.25, 0.3) is 5.82 Å². The van der Waals surface area contributed by atoms with Gasteiger partial charge in [-0.25, -0.2) is 15.5 Å². The third-order valence-electron chi connectivity index (χ3n) is 3.98. The number of anilines is 1. The lowest BCUT2D eigenvalue weighted by Crippen LogP contribution is -2.31. The van der Waals surface area contributed by atoms with E-state index < -0.39 is 29.2 Å². The largest absolute Gasteiger partial charge is 0.435 e. The molecule has 0 radical (unpaired) electrons. The van der Waals surface area contributed by atoms with E-state index in [1.54, 1.807) is 13.0 Å². The molecule has 0 aliphatic rings. The first-order valence-electron chi connectivity index (χ1n) is 8.32. The minimum Gasteiger partial charge on any atom is -0.321 e. The van der Waals surface area contributed by atoms with Crippen molar-refractivity contribution in [3.63, 3.8) is 0 Å². The molecular formula is C18H14ClF3N6O2. The number of rotatable bonds is 4. The Kier molecular flexibility index (Phi) is 5.76. The predicted molar refractivity (Wildman–Crippen MR) is 102 cm³/mol. The first kappa shape index (κ1) is 21.3. The average molecular weight is 439 g/mol. The summed E-state index contributed by atoms with van der Waals surface area (Å²) in [6.07, 6.45) is -2.74. The van der Waals surface area contributed by atoms with Gasteiger partial charge >= 0.3 is 6.18 Å². The molecule has 4 N–H and O–H groups in total. The van der Waals surface area contributed by atoms with Crippen LogP contribution >= 0.6 is 11.6 Å². The molecule has 2 amide bonds. The quantitative estimate of drug-likeness (QED) is 0.329. The number of nitrogen functional groups attached to an aromatic ring is 1. The Morgan fingerprint density at radius 1 is 1.17 bits per heavy atom. The number of aromatic nitrogens is 3. The van der Waals surface area contributed by atoms with Gasteiger partial charge in [-0.1, -0.05) is 17.7 Å². The van der Waals surface area contributed by atoms with E-state index in [-0.39, 0.29) is 22.1 Å².